The summed E-state index contributed by atoms with van der Waals surface area (Å²) in [4.78, 5) is 1.15. The van der Waals surface area contributed by atoms with Crippen LogP contribution < -0.4 is 0 Å². The van der Waals surface area contributed by atoms with Gasteiger partial charge in [0.1, 0.15) is 0 Å². The van der Waals surface area contributed by atoms with Gasteiger partial charge < -0.3 is 5.11 Å². The molecule has 1 aliphatic carbocycles. The van der Waals surface area contributed by atoms with Crippen molar-refractivity contribution in [1.82, 2.24) is 0 Å². The second-order valence-electron chi connectivity index (χ2n) is 3.93. The molecule has 82 valence electrons. The van der Waals surface area contributed by atoms with Crippen molar-refractivity contribution in [3.05, 3.63) is 28.8 Å². The van der Waals surface area contributed by atoms with E-state index in [1.807, 2.05) is 30.0 Å². The fourth-order valence-electron chi connectivity index (χ4n) is 1.95. The number of aliphatic hydroxyl groups excluding tert-OH is 1. The molecule has 0 amide bonds. The van der Waals surface area contributed by atoms with Gasteiger partial charge in [-0.3, -0.25) is 0 Å². The van der Waals surface area contributed by atoms with Crippen LogP contribution in [0.1, 0.15) is 31.2 Å². The standard InChI is InChI=1S/C12H15ClOS/c13-10-6-5-9(8-14)12(7-10)15-11-3-1-2-4-11/h5-7,11,14H,1-4,8H2. The van der Waals surface area contributed by atoms with Gasteiger partial charge in [0.25, 0.3) is 0 Å². The molecule has 1 aliphatic rings. The van der Waals surface area contributed by atoms with Crippen LogP contribution in [0.2, 0.25) is 5.02 Å². The van der Waals surface area contributed by atoms with Crippen molar-refractivity contribution >= 4 is 23.4 Å². The number of rotatable bonds is 3. The summed E-state index contributed by atoms with van der Waals surface area (Å²) in [5, 5.41) is 10.7. The molecule has 1 aromatic rings. The molecule has 0 unspecified atom stereocenters. The average molecular weight is 243 g/mol. The fraction of sp³-hybridized carbons (Fsp3) is 0.500. The minimum absolute atomic E-state index is 0.103. The van der Waals surface area contributed by atoms with E-state index < -0.39 is 0 Å². The molecule has 3 heteroatoms. The highest BCUT2D eigenvalue weighted by atomic mass is 35.5. The second-order valence-corrected chi connectivity index (χ2v) is 5.71. The van der Waals surface area contributed by atoms with Gasteiger partial charge in [-0.1, -0.05) is 30.5 Å². The molecule has 0 spiro atoms. The zero-order valence-corrected chi connectivity index (χ0v) is 10.2. The van der Waals surface area contributed by atoms with Crippen molar-refractivity contribution in [3.8, 4) is 0 Å². The first kappa shape index (κ1) is 11.3. The van der Waals surface area contributed by atoms with E-state index in [0.717, 1.165) is 15.5 Å². The monoisotopic (exact) mass is 242 g/mol. The highest BCUT2D eigenvalue weighted by Crippen LogP contribution is 2.37. The number of hydrogen-bond donors (Lipinski definition) is 1. The maximum atomic E-state index is 9.23. The largest absolute Gasteiger partial charge is 0.392 e. The quantitative estimate of drug-likeness (QED) is 0.869. The van der Waals surface area contributed by atoms with Crippen molar-refractivity contribution in [2.45, 2.75) is 42.4 Å². The molecule has 1 nitrogen and oxygen atoms in total. The molecule has 0 radical (unpaired) electrons. The van der Waals surface area contributed by atoms with E-state index in [2.05, 4.69) is 0 Å². The highest BCUT2D eigenvalue weighted by molar-refractivity contribution is 8.00. The van der Waals surface area contributed by atoms with E-state index in [1.165, 1.54) is 25.7 Å². The number of halogens is 1. The van der Waals surface area contributed by atoms with Crippen molar-refractivity contribution in [3.63, 3.8) is 0 Å². The number of thioether (sulfide) groups is 1. The third kappa shape index (κ3) is 2.90. The Balaban J connectivity index is 2.14. The molecule has 0 aromatic heterocycles. The van der Waals surface area contributed by atoms with Gasteiger partial charge in [0.15, 0.2) is 0 Å². The fourth-order valence-corrected chi connectivity index (χ4v) is 3.60. The van der Waals surface area contributed by atoms with Gasteiger partial charge in [0, 0.05) is 15.2 Å². The molecular formula is C12H15ClOS. The molecule has 0 bridgehead atoms. The van der Waals surface area contributed by atoms with Crippen molar-refractivity contribution in [2.75, 3.05) is 0 Å². The number of hydrogen-bond acceptors (Lipinski definition) is 2. The third-order valence-electron chi connectivity index (χ3n) is 2.80. The van der Waals surface area contributed by atoms with Gasteiger partial charge >= 0.3 is 0 Å². The Morgan fingerprint density at radius 2 is 2.07 bits per heavy atom. The van der Waals surface area contributed by atoms with Gasteiger partial charge in [0.05, 0.1) is 6.61 Å². The maximum Gasteiger partial charge on any atom is 0.0692 e. The first-order valence-corrected chi connectivity index (χ1v) is 6.61. The predicted molar refractivity (Wildman–Crippen MR) is 65.5 cm³/mol. The normalized spacial score (nSPS) is 17.2. The lowest BCUT2D eigenvalue weighted by Gasteiger charge is -2.12. The SMILES string of the molecule is OCc1ccc(Cl)cc1SC1CCCC1. The van der Waals surface area contributed by atoms with E-state index in [0.29, 0.717) is 5.25 Å². The Kier molecular flexibility index (Phi) is 3.95. The Labute approximate surface area is 99.8 Å². The van der Waals surface area contributed by atoms with E-state index in [1.54, 1.807) is 0 Å². The van der Waals surface area contributed by atoms with Crippen molar-refractivity contribution in [1.29, 1.82) is 0 Å². The van der Waals surface area contributed by atoms with Crippen LogP contribution in [0.25, 0.3) is 0 Å². The Morgan fingerprint density at radius 3 is 2.73 bits per heavy atom. The Bertz CT molecular complexity index is 334. The lowest BCUT2D eigenvalue weighted by molar-refractivity contribution is 0.279. The topological polar surface area (TPSA) is 20.2 Å². The molecule has 2 rings (SSSR count). The number of aliphatic hydroxyl groups is 1. The lowest BCUT2D eigenvalue weighted by atomic mass is 10.2. The van der Waals surface area contributed by atoms with Crippen LogP contribution in [0.3, 0.4) is 0 Å². The van der Waals surface area contributed by atoms with Crippen LogP contribution in [0.4, 0.5) is 0 Å². The summed E-state index contributed by atoms with van der Waals surface area (Å²) in [6.07, 6.45) is 5.27. The molecule has 1 N–H and O–H groups in total. The van der Waals surface area contributed by atoms with Crippen LogP contribution in [-0.4, -0.2) is 10.4 Å². The molecular weight excluding hydrogens is 228 g/mol. The summed E-state index contributed by atoms with van der Waals surface area (Å²) < 4.78 is 0. The summed E-state index contributed by atoms with van der Waals surface area (Å²) >= 11 is 7.84. The molecule has 0 heterocycles. The molecule has 0 saturated heterocycles. The Morgan fingerprint density at radius 1 is 1.33 bits per heavy atom. The lowest BCUT2D eigenvalue weighted by Crippen LogP contribution is -1.96. The summed E-state index contributed by atoms with van der Waals surface area (Å²) in [6, 6.07) is 5.72. The van der Waals surface area contributed by atoms with E-state index >= 15 is 0 Å². The van der Waals surface area contributed by atoms with Crippen LogP contribution >= 0.6 is 23.4 Å². The van der Waals surface area contributed by atoms with Gasteiger partial charge in [-0.25, -0.2) is 0 Å². The van der Waals surface area contributed by atoms with Gasteiger partial charge in [-0.05, 0) is 30.5 Å². The molecule has 1 fully saturated rings. The van der Waals surface area contributed by atoms with Crippen LogP contribution in [0, 0.1) is 0 Å². The minimum atomic E-state index is 0.103. The maximum absolute atomic E-state index is 9.23. The molecule has 0 atom stereocenters. The van der Waals surface area contributed by atoms with Gasteiger partial charge in [-0.2, -0.15) is 0 Å². The first-order chi connectivity index (χ1) is 7.29. The second kappa shape index (κ2) is 5.24. The highest BCUT2D eigenvalue weighted by Gasteiger charge is 2.17. The predicted octanol–water partition coefficient (Wildman–Crippen LogP) is 3.87. The molecule has 1 aromatic carbocycles. The number of benzene rings is 1. The zero-order valence-electron chi connectivity index (χ0n) is 8.58. The van der Waals surface area contributed by atoms with Crippen LogP contribution in [0.15, 0.2) is 23.1 Å². The Hall–Kier alpha value is -0.180. The van der Waals surface area contributed by atoms with Crippen molar-refractivity contribution < 1.29 is 5.11 Å². The summed E-state index contributed by atoms with van der Waals surface area (Å²) in [6.45, 7) is 0.103. The summed E-state index contributed by atoms with van der Waals surface area (Å²) in [5.74, 6) is 0. The van der Waals surface area contributed by atoms with E-state index in [-0.39, 0.29) is 6.61 Å². The molecule has 15 heavy (non-hydrogen) atoms. The van der Waals surface area contributed by atoms with Crippen LogP contribution in [0.5, 0.6) is 0 Å². The third-order valence-corrected chi connectivity index (χ3v) is 4.47. The first-order valence-electron chi connectivity index (χ1n) is 5.35. The molecule has 0 aliphatic heterocycles. The van der Waals surface area contributed by atoms with Gasteiger partial charge in [-0.15, -0.1) is 11.8 Å². The van der Waals surface area contributed by atoms with Crippen molar-refractivity contribution in [2.24, 2.45) is 0 Å². The average Bonchev–Trinajstić information content (AvgIpc) is 2.71. The summed E-state index contributed by atoms with van der Waals surface area (Å²) in [5.41, 5.74) is 0.997. The van der Waals surface area contributed by atoms with Crippen LogP contribution in [-0.2, 0) is 6.61 Å². The smallest absolute Gasteiger partial charge is 0.0692 e. The molecule has 1 saturated carbocycles. The zero-order chi connectivity index (χ0) is 10.7. The minimum Gasteiger partial charge on any atom is -0.392 e. The summed E-state index contributed by atoms with van der Waals surface area (Å²) in [7, 11) is 0. The van der Waals surface area contributed by atoms with Gasteiger partial charge in [0.2, 0.25) is 0 Å². The van der Waals surface area contributed by atoms with E-state index in [4.69, 9.17) is 11.6 Å². The van der Waals surface area contributed by atoms with E-state index in [9.17, 15) is 5.11 Å².